The third-order valence-electron chi connectivity index (χ3n) is 2.56. The predicted octanol–water partition coefficient (Wildman–Crippen LogP) is 3.15. The summed E-state index contributed by atoms with van der Waals surface area (Å²) in [5.41, 5.74) is 1.22. The molecule has 1 atom stereocenters. The third-order valence-corrected chi connectivity index (χ3v) is 2.56. The van der Waals surface area contributed by atoms with E-state index in [2.05, 4.69) is 18.2 Å². The predicted molar refractivity (Wildman–Crippen MR) is 57.1 cm³/mol. The van der Waals surface area contributed by atoms with Gasteiger partial charge in [0.2, 0.25) is 0 Å². The Bertz CT molecular complexity index is 251. The number of hydrogen-bond acceptors (Lipinski definition) is 1. The van der Waals surface area contributed by atoms with E-state index in [0.717, 1.165) is 12.8 Å². The zero-order valence-electron chi connectivity index (χ0n) is 8.70. The van der Waals surface area contributed by atoms with Crippen molar-refractivity contribution in [3.8, 4) is 0 Å². The van der Waals surface area contributed by atoms with Gasteiger partial charge in [-0.2, -0.15) is 0 Å². The lowest BCUT2D eigenvalue weighted by Crippen LogP contribution is -2.00. The maximum atomic E-state index is 10.4. The fraction of sp³-hybridized carbons (Fsp3) is 0.583. The lowest BCUT2D eigenvalue weighted by molar-refractivity contribution is -0.136. The molecule has 0 saturated heterocycles. The van der Waals surface area contributed by atoms with Crippen molar-refractivity contribution < 1.29 is 9.90 Å². The lowest BCUT2D eigenvalue weighted by atomic mass is 9.92. The van der Waals surface area contributed by atoms with Crippen molar-refractivity contribution in [3.63, 3.8) is 0 Å². The first-order chi connectivity index (χ1) is 6.68. The normalized spacial score (nSPS) is 22.4. The molecule has 0 aromatic heterocycles. The zero-order valence-corrected chi connectivity index (χ0v) is 8.70. The summed E-state index contributed by atoms with van der Waals surface area (Å²) < 4.78 is 0. The van der Waals surface area contributed by atoms with Crippen LogP contribution in [0.5, 0.6) is 0 Å². The van der Waals surface area contributed by atoms with Crippen LogP contribution in [0.2, 0.25) is 0 Å². The fourth-order valence-electron chi connectivity index (χ4n) is 1.76. The Morgan fingerprint density at radius 3 is 2.86 bits per heavy atom. The quantitative estimate of drug-likeness (QED) is 0.698. The maximum Gasteiger partial charge on any atom is 0.303 e. The van der Waals surface area contributed by atoms with E-state index in [1.807, 2.05) is 6.92 Å². The van der Waals surface area contributed by atoms with E-state index in [1.54, 1.807) is 0 Å². The van der Waals surface area contributed by atoms with E-state index in [0.29, 0.717) is 12.3 Å². The van der Waals surface area contributed by atoms with Crippen molar-refractivity contribution in [1.82, 2.24) is 0 Å². The van der Waals surface area contributed by atoms with Crippen molar-refractivity contribution in [1.29, 1.82) is 0 Å². The molecule has 0 fully saturated rings. The molecular weight excluding hydrogens is 176 g/mol. The molecule has 1 aliphatic carbocycles. The van der Waals surface area contributed by atoms with Gasteiger partial charge in [0.1, 0.15) is 0 Å². The Labute approximate surface area is 85.3 Å². The van der Waals surface area contributed by atoms with E-state index < -0.39 is 5.97 Å². The first-order valence-corrected chi connectivity index (χ1v) is 5.22. The van der Waals surface area contributed by atoms with E-state index in [-0.39, 0.29) is 6.42 Å². The number of carboxylic acid groups (broad SMARTS) is 1. The Balaban J connectivity index is 2.34. The molecule has 0 aliphatic heterocycles. The van der Waals surface area contributed by atoms with Gasteiger partial charge in [-0.15, -0.1) is 0 Å². The number of hydrogen-bond donors (Lipinski definition) is 1. The van der Waals surface area contributed by atoms with Gasteiger partial charge < -0.3 is 5.11 Å². The summed E-state index contributed by atoms with van der Waals surface area (Å²) in [6.07, 6.45) is 11.1. The smallest absolute Gasteiger partial charge is 0.303 e. The van der Waals surface area contributed by atoms with Crippen LogP contribution in [0.15, 0.2) is 23.8 Å². The second kappa shape index (κ2) is 5.63. The van der Waals surface area contributed by atoms with E-state index >= 15 is 0 Å². The van der Waals surface area contributed by atoms with Crippen LogP contribution >= 0.6 is 0 Å². The molecule has 78 valence electrons. The second-order valence-corrected chi connectivity index (χ2v) is 3.95. The van der Waals surface area contributed by atoms with Crippen LogP contribution in [-0.2, 0) is 4.79 Å². The lowest BCUT2D eigenvalue weighted by Gasteiger charge is -2.14. The molecule has 0 bridgehead atoms. The molecule has 1 N–H and O–H groups in total. The SMILES string of the molecule is CC(=CC1CC=CCC1)CCC(=O)O. The summed E-state index contributed by atoms with van der Waals surface area (Å²) in [6, 6.07) is 0. The minimum atomic E-state index is -0.707. The van der Waals surface area contributed by atoms with Crippen LogP contribution in [0.3, 0.4) is 0 Å². The van der Waals surface area contributed by atoms with E-state index in [9.17, 15) is 4.79 Å². The summed E-state index contributed by atoms with van der Waals surface area (Å²) >= 11 is 0. The molecule has 0 amide bonds. The van der Waals surface area contributed by atoms with Crippen LogP contribution in [0, 0.1) is 5.92 Å². The van der Waals surface area contributed by atoms with Gasteiger partial charge >= 0.3 is 5.97 Å². The van der Waals surface area contributed by atoms with Crippen molar-refractivity contribution in [3.05, 3.63) is 23.8 Å². The summed E-state index contributed by atoms with van der Waals surface area (Å²) in [4.78, 5) is 10.4. The largest absolute Gasteiger partial charge is 0.481 e. The van der Waals surface area contributed by atoms with Gasteiger partial charge in [-0.3, -0.25) is 4.79 Å². The summed E-state index contributed by atoms with van der Waals surface area (Å²) in [7, 11) is 0. The van der Waals surface area contributed by atoms with Crippen LogP contribution in [-0.4, -0.2) is 11.1 Å². The Morgan fingerprint density at radius 2 is 2.29 bits per heavy atom. The molecule has 14 heavy (non-hydrogen) atoms. The molecule has 0 saturated carbocycles. The van der Waals surface area contributed by atoms with Crippen molar-refractivity contribution in [2.75, 3.05) is 0 Å². The van der Waals surface area contributed by atoms with Gasteiger partial charge in [0.25, 0.3) is 0 Å². The minimum Gasteiger partial charge on any atom is -0.481 e. The highest BCUT2D eigenvalue weighted by Gasteiger charge is 2.07. The van der Waals surface area contributed by atoms with Gasteiger partial charge in [0, 0.05) is 6.42 Å². The first-order valence-electron chi connectivity index (χ1n) is 5.22. The van der Waals surface area contributed by atoms with Crippen LogP contribution < -0.4 is 0 Å². The number of aliphatic carboxylic acids is 1. The molecule has 2 nitrogen and oxygen atoms in total. The van der Waals surface area contributed by atoms with Crippen molar-refractivity contribution in [2.24, 2.45) is 5.92 Å². The van der Waals surface area contributed by atoms with Crippen LogP contribution in [0.1, 0.15) is 39.0 Å². The highest BCUT2D eigenvalue weighted by atomic mass is 16.4. The van der Waals surface area contributed by atoms with Gasteiger partial charge in [-0.05, 0) is 38.5 Å². The Kier molecular flexibility index (Phi) is 4.44. The average Bonchev–Trinajstić information content (AvgIpc) is 2.16. The van der Waals surface area contributed by atoms with E-state index in [4.69, 9.17) is 5.11 Å². The number of allylic oxidation sites excluding steroid dienone is 4. The third kappa shape index (κ3) is 4.26. The molecule has 1 aliphatic rings. The summed E-state index contributed by atoms with van der Waals surface area (Å²) in [6.45, 7) is 2.03. The maximum absolute atomic E-state index is 10.4. The molecule has 0 heterocycles. The fourth-order valence-corrected chi connectivity index (χ4v) is 1.76. The van der Waals surface area contributed by atoms with Crippen molar-refractivity contribution in [2.45, 2.75) is 39.0 Å². The molecule has 0 aromatic rings. The minimum absolute atomic E-state index is 0.255. The Hall–Kier alpha value is -1.05. The molecule has 1 rings (SSSR count). The standard InChI is InChI=1S/C12H18O2/c1-10(7-8-12(13)14)9-11-5-3-2-4-6-11/h2-3,9,11H,4-8H2,1H3,(H,13,14). The van der Waals surface area contributed by atoms with E-state index in [1.165, 1.54) is 12.0 Å². The zero-order chi connectivity index (χ0) is 10.4. The monoisotopic (exact) mass is 194 g/mol. The number of carboxylic acids is 1. The highest BCUT2D eigenvalue weighted by Crippen LogP contribution is 2.21. The van der Waals surface area contributed by atoms with Gasteiger partial charge in [-0.1, -0.05) is 23.8 Å². The molecule has 0 spiro atoms. The van der Waals surface area contributed by atoms with Crippen LogP contribution in [0.4, 0.5) is 0 Å². The number of carbonyl (C=O) groups is 1. The van der Waals surface area contributed by atoms with Gasteiger partial charge in [0.05, 0.1) is 0 Å². The Morgan fingerprint density at radius 1 is 1.50 bits per heavy atom. The van der Waals surface area contributed by atoms with Crippen molar-refractivity contribution >= 4 is 5.97 Å². The molecule has 0 aromatic carbocycles. The molecule has 1 unspecified atom stereocenters. The summed E-state index contributed by atoms with van der Waals surface area (Å²) in [5.74, 6) is -0.0740. The number of rotatable bonds is 4. The average molecular weight is 194 g/mol. The topological polar surface area (TPSA) is 37.3 Å². The second-order valence-electron chi connectivity index (χ2n) is 3.95. The highest BCUT2D eigenvalue weighted by molar-refractivity contribution is 5.66. The summed E-state index contributed by atoms with van der Waals surface area (Å²) in [5, 5.41) is 8.53. The first kappa shape index (κ1) is 11.0. The van der Waals surface area contributed by atoms with Gasteiger partial charge in [-0.25, -0.2) is 0 Å². The molecule has 2 heteroatoms. The van der Waals surface area contributed by atoms with Gasteiger partial charge in [0.15, 0.2) is 0 Å². The van der Waals surface area contributed by atoms with Crippen LogP contribution in [0.25, 0.3) is 0 Å². The molecular formula is C12H18O2. The molecule has 0 radical (unpaired) electrons.